The first-order valence-corrected chi connectivity index (χ1v) is 11.6. The van der Waals surface area contributed by atoms with Crippen LogP contribution in [0.5, 0.6) is 5.75 Å². The summed E-state index contributed by atoms with van der Waals surface area (Å²) in [6.45, 7) is 1.86. The fraction of sp³-hybridized carbons (Fsp3) is 0.462. The van der Waals surface area contributed by atoms with Crippen molar-refractivity contribution in [2.45, 2.75) is 50.9 Å². The van der Waals surface area contributed by atoms with Crippen molar-refractivity contribution in [1.82, 2.24) is 0 Å². The molecule has 5 heteroatoms. The molecule has 7 rings (SSSR count). The fourth-order valence-electron chi connectivity index (χ4n) is 7.24. The Morgan fingerprint density at radius 2 is 1.55 bits per heavy atom. The Kier molecular flexibility index (Phi) is 4.11. The summed E-state index contributed by atoms with van der Waals surface area (Å²) >= 11 is 6.24. The van der Waals surface area contributed by atoms with Crippen molar-refractivity contribution in [3.63, 3.8) is 0 Å². The lowest BCUT2D eigenvalue weighted by Crippen LogP contribution is -2.48. The van der Waals surface area contributed by atoms with Crippen molar-refractivity contribution in [3.05, 3.63) is 57.6 Å². The highest BCUT2D eigenvalue weighted by Gasteiger charge is 2.52. The second kappa shape index (κ2) is 6.59. The van der Waals surface area contributed by atoms with Gasteiger partial charge in [0.05, 0.1) is 23.9 Å². The number of anilines is 1. The summed E-state index contributed by atoms with van der Waals surface area (Å²) in [4.78, 5) is 28.0. The minimum Gasteiger partial charge on any atom is -0.494 e. The molecule has 0 atom stereocenters. The number of carbonyl (C=O) groups excluding carboxylic acids is 2. The summed E-state index contributed by atoms with van der Waals surface area (Å²) in [6, 6.07) is 9.43. The Bertz CT molecular complexity index is 1100. The van der Waals surface area contributed by atoms with Gasteiger partial charge in [0.25, 0.3) is 11.8 Å². The molecular weight excluding hydrogens is 410 g/mol. The molecule has 5 aliphatic rings. The minimum atomic E-state index is -0.294. The van der Waals surface area contributed by atoms with Crippen LogP contribution >= 0.6 is 11.6 Å². The molecule has 2 amide bonds. The fourth-order valence-corrected chi connectivity index (χ4v) is 7.39. The monoisotopic (exact) mass is 435 g/mol. The smallest absolute Gasteiger partial charge is 0.266 e. The van der Waals surface area contributed by atoms with Gasteiger partial charge in [0.2, 0.25) is 0 Å². The van der Waals surface area contributed by atoms with Crippen molar-refractivity contribution in [1.29, 1.82) is 0 Å². The number of amides is 2. The molecule has 1 heterocycles. The topological polar surface area (TPSA) is 46.6 Å². The summed E-state index contributed by atoms with van der Waals surface area (Å²) in [5.74, 6) is 2.34. The van der Waals surface area contributed by atoms with Crippen molar-refractivity contribution in [2.24, 2.45) is 17.8 Å². The molecule has 0 radical (unpaired) electrons. The van der Waals surface area contributed by atoms with Crippen LogP contribution in [-0.4, -0.2) is 18.9 Å². The average molecular weight is 436 g/mol. The summed E-state index contributed by atoms with van der Waals surface area (Å²) in [6.07, 6.45) is 7.83. The Labute approximate surface area is 187 Å². The molecule has 4 bridgehead atoms. The summed E-state index contributed by atoms with van der Waals surface area (Å²) in [7, 11) is 1.52. The van der Waals surface area contributed by atoms with E-state index in [-0.39, 0.29) is 17.2 Å². The number of aryl methyl sites for hydroxylation is 1. The Hall–Kier alpha value is -2.33. The van der Waals surface area contributed by atoms with E-state index >= 15 is 0 Å². The lowest BCUT2D eigenvalue weighted by Gasteiger charge is -2.57. The molecule has 160 valence electrons. The summed E-state index contributed by atoms with van der Waals surface area (Å²) < 4.78 is 5.45. The van der Waals surface area contributed by atoms with Crippen LogP contribution in [0.3, 0.4) is 0 Å². The summed E-state index contributed by atoms with van der Waals surface area (Å²) in [5.41, 5.74) is 3.69. The predicted molar refractivity (Wildman–Crippen MR) is 120 cm³/mol. The van der Waals surface area contributed by atoms with E-state index in [0.717, 1.165) is 23.3 Å². The largest absolute Gasteiger partial charge is 0.494 e. The van der Waals surface area contributed by atoms with E-state index in [2.05, 4.69) is 6.07 Å². The highest BCUT2D eigenvalue weighted by atomic mass is 35.5. The van der Waals surface area contributed by atoms with Gasteiger partial charge in [-0.1, -0.05) is 17.7 Å². The molecule has 4 aliphatic carbocycles. The van der Waals surface area contributed by atoms with Crippen molar-refractivity contribution >= 4 is 29.1 Å². The van der Waals surface area contributed by atoms with Crippen molar-refractivity contribution < 1.29 is 14.3 Å². The van der Waals surface area contributed by atoms with E-state index in [9.17, 15) is 9.59 Å². The molecule has 0 aromatic heterocycles. The number of benzene rings is 2. The van der Waals surface area contributed by atoms with Crippen molar-refractivity contribution in [3.8, 4) is 5.75 Å². The molecule has 0 spiro atoms. The van der Waals surface area contributed by atoms with Crippen LogP contribution in [0.2, 0.25) is 5.02 Å². The summed E-state index contributed by atoms with van der Waals surface area (Å²) in [5, 5.41) is 0.543. The third kappa shape index (κ3) is 2.73. The van der Waals surface area contributed by atoms with Gasteiger partial charge >= 0.3 is 0 Å². The maximum absolute atomic E-state index is 13.5. The number of hydrogen-bond donors (Lipinski definition) is 0. The average Bonchev–Trinajstić information content (AvgIpc) is 2.98. The normalized spacial score (nSPS) is 30.8. The molecule has 0 saturated heterocycles. The first-order chi connectivity index (χ1) is 14.9. The van der Waals surface area contributed by atoms with Crippen LogP contribution in [-0.2, 0) is 5.41 Å². The van der Waals surface area contributed by atoms with Crippen LogP contribution in [0.25, 0.3) is 0 Å². The van der Waals surface area contributed by atoms with Gasteiger partial charge in [0.15, 0.2) is 0 Å². The zero-order chi connectivity index (χ0) is 21.5. The molecule has 1 aliphatic heterocycles. The van der Waals surface area contributed by atoms with E-state index < -0.39 is 0 Å². The van der Waals surface area contributed by atoms with Crippen LogP contribution in [0, 0.1) is 24.7 Å². The Morgan fingerprint density at radius 3 is 2.16 bits per heavy atom. The third-order valence-corrected chi connectivity index (χ3v) is 8.65. The molecule has 0 unspecified atom stereocenters. The number of hydrogen-bond acceptors (Lipinski definition) is 3. The number of rotatable bonds is 3. The molecule has 4 fully saturated rings. The van der Waals surface area contributed by atoms with Gasteiger partial charge in [-0.25, -0.2) is 4.90 Å². The number of halogens is 1. The van der Waals surface area contributed by atoms with Gasteiger partial charge < -0.3 is 4.74 Å². The molecule has 0 N–H and O–H groups in total. The van der Waals surface area contributed by atoms with E-state index in [1.807, 2.05) is 19.1 Å². The van der Waals surface area contributed by atoms with Gasteiger partial charge in [-0.3, -0.25) is 9.59 Å². The van der Waals surface area contributed by atoms with E-state index in [1.54, 1.807) is 12.1 Å². The minimum absolute atomic E-state index is 0.190. The SMILES string of the molecule is COc1cc(Cl)c(C)cc1N1C(=O)c2ccc(C34CC5CC(CC(C5)C3)C4)cc2C1=O. The zero-order valence-corrected chi connectivity index (χ0v) is 18.7. The quantitative estimate of drug-likeness (QED) is 0.561. The zero-order valence-electron chi connectivity index (χ0n) is 17.9. The lowest BCUT2D eigenvalue weighted by molar-refractivity contribution is -0.00520. The number of methoxy groups -OCH3 is 1. The molecule has 2 aromatic carbocycles. The third-order valence-electron chi connectivity index (χ3n) is 8.24. The number of ether oxygens (including phenoxy) is 1. The molecule has 31 heavy (non-hydrogen) atoms. The van der Waals surface area contributed by atoms with Gasteiger partial charge in [-0.2, -0.15) is 0 Å². The van der Waals surface area contributed by atoms with Crippen LogP contribution in [0.15, 0.2) is 30.3 Å². The number of imide groups is 1. The molecule has 4 nitrogen and oxygen atoms in total. The maximum Gasteiger partial charge on any atom is 0.266 e. The van der Waals surface area contributed by atoms with Gasteiger partial charge in [-0.15, -0.1) is 0 Å². The second-order valence-electron chi connectivity index (χ2n) is 10.2. The van der Waals surface area contributed by atoms with Gasteiger partial charge in [-0.05, 0) is 97.9 Å². The van der Waals surface area contributed by atoms with Crippen LogP contribution < -0.4 is 9.64 Å². The number of fused-ring (bicyclic) bond motifs is 1. The van der Waals surface area contributed by atoms with E-state index in [4.69, 9.17) is 16.3 Å². The van der Waals surface area contributed by atoms with Gasteiger partial charge in [0.1, 0.15) is 5.75 Å². The molecular formula is C26H26ClNO3. The highest BCUT2D eigenvalue weighted by Crippen LogP contribution is 2.61. The maximum atomic E-state index is 13.5. The number of nitrogens with zero attached hydrogens (tertiary/aromatic N) is 1. The molecule has 2 aromatic rings. The number of carbonyl (C=O) groups is 2. The molecule has 4 saturated carbocycles. The van der Waals surface area contributed by atoms with Crippen LogP contribution in [0.1, 0.15) is 70.4 Å². The standard InChI is InChI=1S/C26H26ClNO3/c1-14-5-22(23(31-2)10-21(14)27)28-24(29)19-4-3-18(9-20(19)25(28)30)26-11-15-6-16(12-26)8-17(7-15)13-26/h3-5,9-10,15-17H,6-8,11-13H2,1-2H3. The Balaban J connectivity index is 1.41. The first kappa shape index (κ1) is 19.4. The Morgan fingerprint density at radius 1 is 0.935 bits per heavy atom. The van der Waals surface area contributed by atoms with Crippen molar-refractivity contribution in [2.75, 3.05) is 12.0 Å². The van der Waals surface area contributed by atoms with Gasteiger partial charge in [0, 0.05) is 11.1 Å². The second-order valence-corrected chi connectivity index (χ2v) is 10.6. The lowest BCUT2D eigenvalue weighted by atomic mass is 9.48. The van der Waals surface area contributed by atoms with E-state index in [1.165, 1.54) is 56.1 Å². The highest BCUT2D eigenvalue weighted by molar-refractivity contribution is 6.35. The predicted octanol–water partition coefficient (Wildman–Crippen LogP) is 5.93. The first-order valence-electron chi connectivity index (χ1n) is 11.3. The van der Waals surface area contributed by atoms with E-state index in [0.29, 0.717) is 27.6 Å². The van der Waals surface area contributed by atoms with Crippen LogP contribution in [0.4, 0.5) is 5.69 Å².